The van der Waals surface area contributed by atoms with Crippen molar-refractivity contribution < 1.29 is 19.1 Å². The van der Waals surface area contributed by atoms with Crippen LogP contribution in [0.5, 0.6) is 0 Å². The third kappa shape index (κ3) is 6.54. The summed E-state index contributed by atoms with van der Waals surface area (Å²) in [5.74, 6) is -0.320. The van der Waals surface area contributed by atoms with E-state index in [1.54, 1.807) is 31.8 Å². The SMILES string of the molecule is CCCCCC(C(=O)OCC)(C(=O)OCC)c1cnc(SCCC)n1Cc1ccccc1Cl. The molecule has 1 heterocycles. The second-order valence-corrected chi connectivity index (χ2v) is 9.22. The number of imidazole rings is 1. The standard InChI is InChI=1S/C25H35ClN2O4S/c1-5-9-12-15-25(22(29)31-7-3,23(30)32-8-4)21-17-27-24(33-16-6-2)28(21)18-19-13-10-11-14-20(19)26/h10-11,13-14,17H,5-9,12,15-16,18H2,1-4H3. The number of halogens is 1. The first kappa shape index (κ1) is 27.3. The normalized spacial score (nSPS) is 11.4. The van der Waals surface area contributed by atoms with E-state index in [9.17, 15) is 9.59 Å². The molecular formula is C25H35ClN2O4S. The summed E-state index contributed by atoms with van der Waals surface area (Å²) in [6, 6.07) is 7.56. The Kier molecular flexibility index (Phi) is 11.3. The van der Waals surface area contributed by atoms with E-state index in [4.69, 9.17) is 21.1 Å². The Bertz CT molecular complexity index is 898. The van der Waals surface area contributed by atoms with Gasteiger partial charge in [0.25, 0.3) is 0 Å². The van der Waals surface area contributed by atoms with E-state index in [1.165, 1.54) is 0 Å². The molecule has 0 N–H and O–H groups in total. The third-order valence-corrected chi connectivity index (χ3v) is 6.95. The summed E-state index contributed by atoms with van der Waals surface area (Å²) in [4.78, 5) is 31.6. The van der Waals surface area contributed by atoms with E-state index < -0.39 is 17.4 Å². The molecule has 0 aliphatic rings. The van der Waals surface area contributed by atoms with E-state index in [1.807, 2.05) is 28.8 Å². The Morgan fingerprint density at radius 2 is 1.70 bits per heavy atom. The highest BCUT2D eigenvalue weighted by Crippen LogP contribution is 2.37. The maximum Gasteiger partial charge on any atom is 0.329 e. The van der Waals surface area contributed by atoms with Crippen LogP contribution in [-0.2, 0) is 31.0 Å². The maximum absolute atomic E-state index is 13.5. The van der Waals surface area contributed by atoms with Gasteiger partial charge in [-0.15, -0.1) is 0 Å². The second kappa shape index (κ2) is 13.7. The molecule has 6 nitrogen and oxygen atoms in total. The van der Waals surface area contributed by atoms with Crippen LogP contribution < -0.4 is 0 Å². The second-order valence-electron chi connectivity index (χ2n) is 7.76. The van der Waals surface area contributed by atoms with Crippen molar-refractivity contribution in [2.24, 2.45) is 0 Å². The van der Waals surface area contributed by atoms with Crippen LogP contribution >= 0.6 is 23.4 Å². The van der Waals surface area contributed by atoms with Crippen molar-refractivity contribution in [3.63, 3.8) is 0 Å². The number of carbonyl (C=O) groups is 2. The van der Waals surface area contributed by atoms with E-state index in [0.29, 0.717) is 30.1 Å². The molecule has 33 heavy (non-hydrogen) atoms. The lowest BCUT2D eigenvalue weighted by Gasteiger charge is -2.30. The van der Waals surface area contributed by atoms with Crippen LogP contribution in [0.1, 0.15) is 71.1 Å². The van der Waals surface area contributed by atoms with Gasteiger partial charge in [-0.25, -0.2) is 4.98 Å². The average Bonchev–Trinajstić information content (AvgIpc) is 3.19. The smallest absolute Gasteiger partial charge is 0.329 e. The van der Waals surface area contributed by atoms with Gasteiger partial charge in [-0.2, -0.15) is 0 Å². The first-order valence-electron chi connectivity index (χ1n) is 11.7. The molecule has 0 aliphatic heterocycles. The van der Waals surface area contributed by atoms with Crippen LogP contribution in [0.25, 0.3) is 0 Å². The van der Waals surface area contributed by atoms with Gasteiger partial charge in [0.2, 0.25) is 5.41 Å². The van der Waals surface area contributed by atoms with Gasteiger partial charge < -0.3 is 14.0 Å². The minimum atomic E-state index is -1.58. The van der Waals surface area contributed by atoms with E-state index in [0.717, 1.165) is 35.7 Å². The Labute approximate surface area is 206 Å². The average molecular weight is 495 g/mol. The van der Waals surface area contributed by atoms with Crippen LogP contribution in [0.2, 0.25) is 5.02 Å². The topological polar surface area (TPSA) is 70.4 Å². The number of unbranched alkanes of at least 4 members (excludes halogenated alkanes) is 2. The van der Waals surface area contributed by atoms with Crippen LogP contribution in [-0.4, -0.2) is 40.5 Å². The summed E-state index contributed by atoms with van der Waals surface area (Å²) in [5.41, 5.74) is -0.207. The molecule has 8 heteroatoms. The zero-order chi connectivity index (χ0) is 24.3. The van der Waals surface area contributed by atoms with Crippen LogP contribution in [0.3, 0.4) is 0 Å². The van der Waals surface area contributed by atoms with Crippen molar-refractivity contribution in [2.75, 3.05) is 19.0 Å². The molecule has 2 aromatic rings. The summed E-state index contributed by atoms with van der Waals surface area (Å²) >= 11 is 8.06. The van der Waals surface area contributed by atoms with Gasteiger partial charge in [0.05, 0.1) is 31.6 Å². The molecule has 0 saturated carbocycles. The molecule has 0 atom stereocenters. The fourth-order valence-corrected chi connectivity index (χ4v) is 4.76. The van der Waals surface area contributed by atoms with Crippen LogP contribution in [0.4, 0.5) is 0 Å². The highest BCUT2D eigenvalue weighted by Gasteiger charge is 2.52. The molecule has 0 saturated heterocycles. The maximum atomic E-state index is 13.5. The number of esters is 2. The van der Waals surface area contributed by atoms with E-state index in [-0.39, 0.29) is 13.2 Å². The van der Waals surface area contributed by atoms with Gasteiger partial charge in [0.15, 0.2) is 5.16 Å². The van der Waals surface area contributed by atoms with Crippen molar-refractivity contribution in [1.82, 2.24) is 9.55 Å². The Morgan fingerprint density at radius 3 is 2.27 bits per heavy atom. The largest absolute Gasteiger partial charge is 0.465 e. The van der Waals surface area contributed by atoms with Gasteiger partial charge >= 0.3 is 11.9 Å². The predicted octanol–water partition coefficient (Wildman–Crippen LogP) is 6.03. The van der Waals surface area contributed by atoms with Gasteiger partial charge in [0, 0.05) is 10.8 Å². The first-order chi connectivity index (χ1) is 16.0. The minimum Gasteiger partial charge on any atom is -0.465 e. The number of carbonyl (C=O) groups excluding carboxylic acids is 2. The van der Waals surface area contributed by atoms with Gasteiger partial charge in [-0.3, -0.25) is 9.59 Å². The molecule has 182 valence electrons. The molecule has 2 rings (SSSR count). The predicted molar refractivity (Wildman–Crippen MR) is 133 cm³/mol. The molecule has 1 aromatic heterocycles. The Morgan fingerprint density at radius 1 is 1.03 bits per heavy atom. The Hall–Kier alpha value is -1.99. The zero-order valence-corrected chi connectivity index (χ0v) is 21.6. The monoisotopic (exact) mass is 494 g/mol. The molecule has 0 amide bonds. The van der Waals surface area contributed by atoms with E-state index in [2.05, 4.69) is 18.8 Å². The van der Waals surface area contributed by atoms with Crippen molar-refractivity contribution in [3.8, 4) is 0 Å². The van der Waals surface area contributed by atoms with Crippen molar-refractivity contribution in [1.29, 1.82) is 0 Å². The Balaban J connectivity index is 2.71. The quantitative estimate of drug-likeness (QED) is 0.138. The van der Waals surface area contributed by atoms with Crippen molar-refractivity contribution >= 4 is 35.3 Å². The van der Waals surface area contributed by atoms with Crippen molar-refractivity contribution in [3.05, 3.63) is 46.7 Å². The molecule has 0 radical (unpaired) electrons. The molecule has 0 aliphatic carbocycles. The lowest BCUT2D eigenvalue weighted by molar-refractivity contribution is -0.165. The van der Waals surface area contributed by atoms with Gasteiger partial charge in [-0.05, 0) is 38.3 Å². The van der Waals surface area contributed by atoms with E-state index >= 15 is 0 Å². The summed E-state index contributed by atoms with van der Waals surface area (Å²) in [6.45, 7) is 8.38. The summed E-state index contributed by atoms with van der Waals surface area (Å²) in [5, 5.41) is 1.35. The first-order valence-corrected chi connectivity index (χ1v) is 13.1. The zero-order valence-electron chi connectivity index (χ0n) is 20.1. The molecule has 1 aromatic carbocycles. The highest BCUT2D eigenvalue weighted by atomic mass is 35.5. The van der Waals surface area contributed by atoms with Gasteiger partial charge in [0.1, 0.15) is 0 Å². The number of benzene rings is 1. The minimum absolute atomic E-state index is 0.170. The molecule has 0 unspecified atom stereocenters. The fourth-order valence-electron chi connectivity index (χ4n) is 3.73. The molecular weight excluding hydrogens is 460 g/mol. The molecule has 0 bridgehead atoms. The van der Waals surface area contributed by atoms with Crippen LogP contribution in [0, 0.1) is 0 Å². The third-order valence-electron chi connectivity index (χ3n) is 5.38. The molecule has 0 spiro atoms. The lowest BCUT2D eigenvalue weighted by Crippen LogP contribution is -2.48. The summed E-state index contributed by atoms with van der Waals surface area (Å²) < 4.78 is 12.9. The van der Waals surface area contributed by atoms with Crippen molar-refractivity contribution in [2.45, 2.75) is 76.9 Å². The number of thioether (sulfide) groups is 1. The number of hydrogen-bond donors (Lipinski definition) is 0. The number of ether oxygens (including phenoxy) is 2. The number of hydrogen-bond acceptors (Lipinski definition) is 6. The summed E-state index contributed by atoms with van der Waals surface area (Å²) in [6.07, 6.45) is 5.42. The highest BCUT2D eigenvalue weighted by molar-refractivity contribution is 7.99. The lowest BCUT2D eigenvalue weighted by atomic mass is 9.79. The fraction of sp³-hybridized carbons (Fsp3) is 0.560. The van der Waals surface area contributed by atoms with Crippen LogP contribution in [0.15, 0.2) is 35.6 Å². The summed E-state index contributed by atoms with van der Waals surface area (Å²) in [7, 11) is 0. The van der Waals surface area contributed by atoms with Gasteiger partial charge in [-0.1, -0.05) is 74.7 Å². The number of rotatable bonds is 14. The molecule has 0 fully saturated rings. The number of aromatic nitrogens is 2. The number of nitrogens with zero attached hydrogens (tertiary/aromatic N) is 2.